The van der Waals surface area contributed by atoms with E-state index in [2.05, 4.69) is 5.32 Å². The van der Waals surface area contributed by atoms with Crippen LogP contribution in [0.15, 0.2) is 34.7 Å². The molecule has 2 rings (SSSR count). The van der Waals surface area contributed by atoms with Crippen molar-refractivity contribution in [2.24, 2.45) is 0 Å². The quantitative estimate of drug-likeness (QED) is 0.897. The molecule has 6 heteroatoms. The van der Waals surface area contributed by atoms with Gasteiger partial charge in [-0.25, -0.2) is 0 Å². The fourth-order valence-electron chi connectivity index (χ4n) is 1.78. The fraction of sp³-hybridized carbons (Fsp3) is 0.267. The minimum absolute atomic E-state index is 0.134. The van der Waals surface area contributed by atoms with Gasteiger partial charge in [0, 0.05) is 5.02 Å². The Morgan fingerprint density at radius 1 is 1.33 bits per heavy atom. The van der Waals surface area contributed by atoms with Gasteiger partial charge in [0.25, 0.3) is 5.91 Å². The highest BCUT2D eigenvalue weighted by molar-refractivity contribution is 6.35. The van der Waals surface area contributed by atoms with Gasteiger partial charge in [0.1, 0.15) is 17.3 Å². The number of carbonyl (C=O) groups excluding carboxylic acids is 1. The monoisotopic (exact) mass is 327 g/mol. The molecule has 1 unspecified atom stereocenters. The summed E-state index contributed by atoms with van der Waals surface area (Å²) in [6.45, 7) is 3.56. The van der Waals surface area contributed by atoms with Crippen LogP contribution in [0, 0.1) is 6.92 Å². The van der Waals surface area contributed by atoms with Gasteiger partial charge in [0.15, 0.2) is 6.61 Å². The molecule has 0 saturated heterocycles. The first-order valence-corrected chi connectivity index (χ1v) is 7.15. The average Bonchev–Trinajstić information content (AvgIpc) is 2.84. The van der Waals surface area contributed by atoms with E-state index >= 15 is 0 Å². The Hall–Kier alpha value is -1.65. The number of rotatable bonds is 5. The van der Waals surface area contributed by atoms with Crippen LogP contribution in [-0.2, 0) is 4.79 Å². The molecule has 112 valence electrons. The molecule has 1 heterocycles. The molecule has 21 heavy (non-hydrogen) atoms. The van der Waals surface area contributed by atoms with Crippen molar-refractivity contribution in [1.29, 1.82) is 0 Å². The molecule has 2 aromatic rings. The number of amides is 1. The van der Waals surface area contributed by atoms with Crippen molar-refractivity contribution in [1.82, 2.24) is 5.32 Å². The van der Waals surface area contributed by atoms with Crippen LogP contribution < -0.4 is 10.1 Å². The third kappa shape index (κ3) is 4.41. The van der Waals surface area contributed by atoms with E-state index in [-0.39, 0.29) is 18.6 Å². The van der Waals surface area contributed by atoms with Crippen LogP contribution in [0.2, 0.25) is 10.0 Å². The first kappa shape index (κ1) is 15.7. The van der Waals surface area contributed by atoms with Crippen LogP contribution in [0.25, 0.3) is 0 Å². The Kier molecular flexibility index (Phi) is 5.15. The number of furan rings is 1. The lowest BCUT2D eigenvalue weighted by Crippen LogP contribution is -2.31. The first-order valence-electron chi connectivity index (χ1n) is 6.39. The van der Waals surface area contributed by atoms with Crippen LogP contribution in [0.5, 0.6) is 5.75 Å². The number of benzene rings is 1. The number of carbonyl (C=O) groups is 1. The number of ether oxygens (including phenoxy) is 1. The van der Waals surface area contributed by atoms with Crippen molar-refractivity contribution < 1.29 is 13.9 Å². The topological polar surface area (TPSA) is 51.5 Å². The predicted octanol–water partition coefficient (Wildman–Crippen LogP) is 4.15. The highest BCUT2D eigenvalue weighted by atomic mass is 35.5. The van der Waals surface area contributed by atoms with E-state index in [0.29, 0.717) is 21.6 Å². The number of hydrogen-bond acceptors (Lipinski definition) is 3. The summed E-state index contributed by atoms with van der Waals surface area (Å²) >= 11 is 11.7. The molecular weight excluding hydrogens is 313 g/mol. The van der Waals surface area contributed by atoms with Gasteiger partial charge in [-0.3, -0.25) is 4.79 Å². The van der Waals surface area contributed by atoms with E-state index in [9.17, 15) is 4.79 Å². The first-order chi connectivity index (χ1) is 9.95. The lowest BCUT2D eigenvalue weighted by Gasteiger charge is -2.12. The second-order valence-corrected chi connectivity index (χ2v) is 5.44. The lowest BCUT2D eigenvalue weighted by molar-refractivity contribution is -0.123. The minimum Gasteiger partial charge on any atom is -0.482 e. The molecule has 1 aromatic carbocycles. The molecule has 0 bridgehead atoms. The minimum atomic E-state index is -0.262. The third-order valence-corrected chi connectivity index (χ3v) is 3.35. The highest BCUT2D eigenvalue weighted by Crippen LogP contribution is 2.27. The number of halogens is 2. The van der Waals surface area contributed by atoms with Crippen molar-refractivity contribution in [3.8, 4) is 5.75 Å². The second kappa shape index (κ2) is 6.87. The van der Waals surface area contributed by atoms with Crippen LogP contribution in [0.4, 0.5) is 0 Å². The Labute approximate surface area is 133 Å². The predicted molar refractivity (Wildman–Crippen MR) is 82.0 cm³/mol. The molecule has 0 fully saturated rings. The van der Waals surface area contributed by atoms with Crippen molar-refractivity contribution in [2.75, 3.05) is 6.61 Å². The number of hydrogen-bond donors (Lipinski definition) is 1. The molecule has 0 spiro atoms. The van der Waals surface area contributed by atoms with E-state index in [1.54, 1.807) is 18.2 Å². The average molecular weight is 328 g/mol. The number of nitrogens with one attached hydrogen (secondary N) is 1. The van der Waals surface area contributed by atoms with E-state index in [4.69, 9.17) is 32.4 Å². The van der Waals surface area contributed by atoms with E-state index in [1.807, 2.05) is 26.0 Å². The maximum Gasteiger partial charge on any atom is 0.258 e. The highest BCUT2D eigenvalue weighted by Gasteiger charge is 2.13. The molecule has 0 saturated carbocycles. The molecule has 1 atom stereocenters. The normalized spacial score (nSPS) is 12.0. The van der Waals surface area contributed by atoms with Crippen LogP contribution in [-0.4, -0.2) is 12.5 Å². The smallest absolute Gasteiger partial charge is 0.258 e. The van der Waals surface area contributed by atoms with E-state index in [0.717, 1.165) is 5.76 Å². The number of aryl methyl sites for hydroxylation is 1. The van der Waals surface area contributed by atoms with Crippen LogP contribution in [0.1, 0.15) is 24.5 Å². The van der Waals surface area contributed by atoms with Gasteiger partial charge in [0.05, 0.1) is 11.1 Å². The zero-order chi connectivity index (χ0) is 15.4. The van der Waals surface area contributed by atoms with Gasteiger partial charge in [0.2, 0.25) is 0 Å². The molecule has 0 radical (unpaired) electrons. The summed E-state index contributed by atoms with van der Waals surface area (Å²) in [4.78, 5) is 11.8. The van der Waals surface area contributed by atoms with Crippen molar-refractivity contribution in [3.05, 3.63) is 51.9 Å². The van der Waals surface area contributed by atoms with Gasteiger partial charge in [-0.2, -0.15) is 0 Å². The van der Waals surface area contributed by atoms with Gasteiger partial charge in [-0.15, -0.1) is 0 Å². The molecule has 1 N–H and O–H groups in total. The van der Waals surface area contributed by atoms with E-state index < -0.39 is 0 Å². The molecule has 1 aromatic heterocycles. The summed E-state index contributed by atoms with van der Waals surface area (Å²) in [5.41, 5.74) is 0. The van der Waals surface area contributed by atoms with Crippen molar-refractivity contribution in [3.63, 3.8) is 0 Å². The Bertz CT molecular complexity index is 640. The van der Waals surface area contributed by atoms with E-state index in [1.165, 1.54) is 0 Å². The van der Waals surface area contributed by atoms with Crippen LogP contribution >= 0.6 is 23.2 Å². The van der Waals surface area contributed by atoms with Gasteiger partial charge >= 0.3 is 0 Å². The Morgan fingerprint density at radius 2 is 2.10 bits per heavy atom. The maximum absolute atomic E-state index is 11.8. The third-order valence-electron chi connectivity index (χ3n) is 2.82. The van der Waals surface area contributed by atoms with Gasteiger partial charge in [-0.05, 0) is 44.2 Å². The summed E-state index contributed by atoms with van der Waals surface area (Å²) in [5, 5.41) is 3.66. The maximum atomic E-state index is 11.8. The SMILES string of the molecule is Cc1ccc(C(C)NC(=O)COc2ccc(Cl)cc2Cl)o1. The molecular formula is C15H15Cl2NO3. The van der Waals surface area contributed by atoms with Crippen molar-refractivity contribution >= 4 is 29.1 Å². The molecule has 0 aliphatic heterocycles. The molecule has 0 aliphatic rings. The summed E-state index contributed by atoms with van der Waals surface area (Å²) < 4.78 is 10.8. The summed E-state index contributed by atoms with van der Waals surface area (Å²) in [7, 11) is 0. The fourth-order valence-corrected chi connectivity index (χ4v) is 2.24. The van der Waals surface area contributed by atoms with Gasteiger partial charge in [-0.1, -0.05) is 23.2 Å². The largest absolute Gasteiger partial charge is 0.482 e. The Morgan fingerprint density at radius 3 is 2.71 bits per heavy atom. The second-order valence-electron chi connectivity index (χ2n) is 4.60. The van der Waals surface area contributed by atoms with Gasteiger partial charge < -0.3 is 14.5 Å². The summed E-state index contributed by atoms with van der Waals surface area (Å²) in [6, 6.07) is 8.28. The van der Waals surface area contributed by atoms with Crippen molar-refractivity contribution in [2.45, 2.75) is 19.9 Å². The molecule has 0 aliphatic carbocycles. The zero-order valence-corrected chi connectivity index (χ0v) is 13.2. The Balaban J connectivity index is 1.87. The standard InChI is InChI=1S/C15H15Cl2NO3/c1-9-3-5-13(21-9)10(2)18-15(19)8-20-14-6-4-11(16)7-12(14)17/h3-7,10H,8H2,1-2H3,(H,18,19). The molecule has 1 amide bonds. The lowest BCUT2D eigenvalue weighted by atomic mass is 10.2. The van der Waals surface area contributed by atoms with Crippen LogP contribution in [0.3, 0.4) is 0 Å². The molecule has 4 nitrogen and oxygen atoms in total. The zero-order valence-electron chi connectivity index (χ0n) is 11.7. The summed E-state index contributed by atoms with van der Waals surface area (Å²) in [5.74, 6) is 1.65. The summed E-state index contributed by atoms with van der Waals surface area (Å²) in [6.07, 6.45) is 0.